The van der Waals surface area contributed by atoms with E-state index in [1.165, 1.54) is 19.3 Å². The summed E-state index contributed by atoms with van der Waals surface area (Å²) in [6, 6.07) is 0. The second-order valence-electron chi connectivity index (χ2n) is 4.98. The number of hydrogen-bond donors (Lipinski definition) is 0. The van der Waals surface area contributed by atoms with Crippen LogP contribution in [0.1, 0.15) is 45.4 Å². The van der Waals surface area contributed by atoms with Gasteiger partial charge < -0.3 is 9.47 Å². The van der Waals surface area contributed by atoms with Crippen molar-refractivity contribution < 1.29 is 23.9 Å². The van der Waals surface area contributed by atoms with E-state index in [0.29, 0.717) is 25.9 Å². The van der Waals surface area contributed by atoms with Crippen LogP contribution >= 0.6 is 0 Å². The molecule has 1 aliphatic rings. The lowest BCUT2D eigenvalue weighted by molar-refractivity contribution is -0.156. The summed E-state index contributed by atoms with van der Waals surface area (Å²) < 4.78 is 9.70. The van der Waals surface area contributed by atoms with E-state index in [1.807, 2.05) is 6.92 Å². The Morgan fingerprint density at radius 3 is 2.70 bits per heavy atom. The molecule has 5 nitrogen and oxygen atoms in total. The number of hydrogen-bond acceptors (Lipinski definition) is 5. The zero-order valence-corrected chi connectivity index (χ0v) is 12.1. The van der Waals surface area contributed by atoms with Gasteiger partial charge in [0.1, 0.15) is 5.41 Å². The van der Waals surface area contributed by atoms with Crippen molar-refractivity contribution in [2.45, 2.75) is 45.4 Å². The van der Waals surface area contributed by atoms with E-state index in [9.17, 15) is 14.4 Å². The molecule has 0 heterocycles. The fraction of sp³-hybridized carbons (Fsp3) is 0.667. The predicted molar refractivity (Wildman–Crippen MR) is 72.9 cm³/mol. The highest BCUT2D eigenvalue weighted by molar-refractivity contribution is 6.05. The molecule has 1 unspecified atom stereocenters. The Morgan fingerprint density at radius 1 is 1.40 bits per heavy atom. The quantitative estimate of drug-likeness (QED) is 0.310. The van der Waals surface area contributed by atoms with Gasteiger partial charge in [-0.2, -0.15) is 0 Å². The summed E-state index contributed by atoms with van der Waals surface area (Å²) in [5.74, 6) is -1.05. The average Bonchev–Trinajstić information content (AvgIpc) is 2.80. The lowest BCUT2D eigenvalue weighted by Crippen LogP contribution is -2.35. The highest BCUT2D eigenvalue weighted by Crippen LogP contribution is 2.39. The number of rotatable bonds is 7. The van der Waals surface area contributed by atoms with Gasteiger partial charge in [0.15, 0.2) is 5.78 Å². The molecular formula is C15H22O5. The van der Waals surface area contributed by atoms with Crippen LogP contribution in [0.25, 0.3) is 0 Å². The Labute approximate surface area is 119 Å². The van der Waals surface area contributed by atoms with Gasteiger partial charge in [-0.3, -0.25) is 9.59 Å². The molecule has 5 heteroatoms. The molecule has 1 rings (SSSR count). The first-order valence-electron chi connectivity index (χ1n) is 7.02. The Morgan fingerprint density at radius 2 is 2.15 bits per heavy atom. The topological polar surface area (TPSA) is 69.7 Å². The Hall–Kier alpha value is -1.65. The van der Waals surface area contributed by atoms with Crippen LogP contribution in [-0.4, -0.2) is 31.4 Å². The normalized spacial score (nSPS) is 22.2. The average molecular weight is 282 g/mol. The van der Waals surface area contributed by atoms with Gasteiger partial charge in [0.2, 0.25) is 0 Å². The van der Waals surface area contributed by atoms with E-state index in [0.717, 1.165) is 12.8 Å². The maximum absolute atomic E-state index is 11.9. The van der Waals surface area contributed by atoms with E-state index >= 15 is 0 Å². The molecule has 0 N–H and O–H groups in total. The first kappa shape index (κ1) is 16.4. The van der Waals surface area contributed by atoms with Gasteiger partial charge >= 0.3 is 11.9 Å². The Bertz CT molecular complexity index is 399. The minimum Gasteiger partial charge on any atom is -0.468 e. The van der Waals surface area contributed by atoms with Crippen molar-refractivity contribution in [1.82, 2.24) is 0 Å². The second-order valence-corrected chi connectivity index (χ2v) is 4.98. The summed E-state index contributed by atoms with van der Waals surface area (Å²) in [4.78, 5) is 35.2. The summed E-state index contributed by atoms with van der Waals surface area (Å²) in [5.41, 5.74) is -1.10. The van der Waals surface area contributed by atoms with Crippen molar-refractivity contribution >= 4 is 17.7 Å². The minimum absolute atomic E-state index is 0.103. The summed E-state index contributed by atoms with van der Waals surface area (Å²) in [6.45, 7) is 2.40. The molecule has 1 saturated carbocycles. The van der Waals surface area contributed by atoms with Gasteiger partial charge in [-0.25, -0.2) is 4.79 Å². The SMILES string of the molecule is CCCCOC(=O)/C=C/CC1(C(=O)OC)CCCC1=O. The summed E-state index contributed by atoms with van der Waals surface area (Å²) in [7, 11) is 1.28. The number of carbonyl (C=O) groups excluding carboxylic acids is 3. The van der Waals surface area contributed by atoms with Crippen LogP contribution in [0.15, 0.2) is 12.2 Å². The minimum atomic E-state index is -1.10. The van der Waals surface area contributed by atoms with E-state index in [-0.39, 0.29) is 12.2 Å². The lowest BCUT2D eigenvalue weighted by Gasteiger charge is -2.22. The predicted octanol–water partition coefficient (Wildman–Crippen LogP) is 2.19. The molecule has 0 aromatic rings. The van der Waals surface area contributed by atoms with E-state index in [1.54, 1.807) is 0 Å². The third-order valence-corrected chi connectivity index (χ3v) is 3.58. The first-order valence-corrected chi connectivity index (χ1v) is 7.02. The molecule has 20 heavy (non-hydrogen) atoms. The number of carbonyl (C=O) groups is 3. The van der Waals surface area contributed by atoms with E-state index in [4.69, 9.17) is 9.47 Å². The van der Waals surface area contributed by atoms with Gasteiger partial charge in [-0.15, -0.1) is 0 Å². The highest BCUT2D eigenvalue weighted by atomic mass is 16.5. The molecule has 0 aromatic carbocycles. The van der Waals surface area contributed by atoms with Crippen molar-refractivity contribution in [3.8, 4) is 0 Å². The molecular weight excluding hydrogens is 260 g/mol. The van der Waals surface area contributed by atoms with Crippen LogP contribution in [0.2, 0.25) is 0 Å². The number of ketones is 1. The van der Waals surface area contributed by atoms with Gasteiger partial charge in [-0.05, 0) is 25.7 Å². The second kappa shape index (κ2) is 7.82. The van der Waals surface area contributed by atoms with Crippen LogP contribution in [0, 0.1) is 5.41 Å². The standard InChI is InChI=1S/C15H22O5/c1-3-4-11-20-13(17)8-6-10-15(14(18)19-2)9-5-7-12(15)16/h6,8H,3-5,7,9-11H2,1-2H3/b8-6+. The molecule has 0 radical (unpaired) electrons. The molecule has 1 atom stereocenters. The van der Waals surface area contributed by atoms with Crippen LogP contribution < -0.4 is 0 Å². The number of unbranched alkanes of at least 4 members (excludes halogenated alkanes) is 1. The van der Waals surface area contributed by atoms with Crippen molar-refractivity contribution in [2.75, 3.05) is 13.7 Å². The van der Waals surface area contributed by atoms with E-state index in [2.05, 4.69) is 0 Å². The van der Waals surface area contributed by atoms with Gasteiger partial charge in [0, 0.05) is 12.5 Å². The summed E-state index contributed by atoms with van der Waals surface area (Å²) in [5, 5.41) is 0. The number of allylic oxidation sites excluding steroid dienone is 1. The van der Waals surface area contributed by atoms with Crippen molar-refractivity contribution in [1.29, 1.82) is 0 Å². The molecule has 1 fully saturated rings. The van der Waals surface area contributed by atoms with Gasteiger partial charge in [-0.1, -0.05) is 19.4 Å². The molecule has 0 aliphatic heterocycles. The number of Topliss-reactive ketones (excluding diaryl/α,β-unsaturated/α-hetero) is 1. The zero-order valence-electron chi connectivity index (χ0n) is 12.1. The van der Waals surface area contributed by atoms with Crippen LogP contribution in [-0.2, 0) is 23.9 Å². The Balaban J connectivity index is 2.57. The number of methoxy groups -OCH3 is 1. The number of esters is 2. The molecule has 0 bridgehead atoms. The molecule has 0 saturated heterocycles. The first-order chi connectivity index (χ1) is 9.56. The maximum Gasteiger partial charge on any atom is 0.330 e. The Kier molecular flexibility index (Phi) is 6.42. The molecule has 112 valence electrons. The molecule has 0 aromatic heterocycles. The third-order valence-electron chi connectivity index (χ3n) is 3.58. The summed E-state index contributed by atoms with van der Waals surface area (Å²) in [6.07, 6.45) is 6.35. The fourth-order valence-corrected chi connectivity index (χ4v) is 2.36. The van der Waals surface area contributed by atoms with Crippen LogP contribution in [0.5, 0.6) is 0 Å². The van der Waals surface area contributed by atoms with Crippen LogP contribution in [0.3, 0.4) is 0 Å². The highest BCUT2D eigenvalue weighted by Gasteiger charge is 2.48. The molecule has 0 spiro atoms. The smallest absolute Gasteiger partial charge is 0.330 e. The van der Waals surface area contributed by atoms with E-state index < -0.39 is 17.4 Å². The van der Waals surface area contributed by atoms with Gasteiger partial charge in [0.25, 0.3) is 0 Å². The number of ether oxygens (including phenoxy) is 2. The molecule has 0 amide bonds. The molecule has 1 aliphatic carbocycles. The van der Waals surface area contributed by atoms with Crippen LogP contribution in [0.4, 0.5) is 0 Å². The van der Waals surface area contributed by atoms with Crippen molar-refractivity contribution in [3.63, 3.8) is 0 Å². The van der Waals surface area contributed by atoms with Crippen molar-refractivity contribution in [3.05, 3.63) is 12.2 Å². The van der Waals surface area contributed by atoms with Crippen molar-refractivity contribution in [2.24, 2.45) is 5.41 Å². The fourth-order valence-electron chi connectivity index (χ4n) is 2.36. The van der Waals surface area contributed by atoms with Gasteiger partial charge in [0.05, 0.1) is 13.7 Å². The zero-order chi connectivity index (χ0) is 15.0. The lowest BCUT2D eigenvalue weighted by atomic mass is 9.81. The third kappa shape index (κ3) is 3.92. The maximum atomic E-state index is 11.9. The largest absolute Gasteiger partial charge is 0.468 e. The monoisotopic (exact) mass is 282 g/mol. The summed E-state index contributed by atoms with van der Waals surface area (Å²) >= 11 is 0.